The third-order valence-corrected chi connectivity index (χ3v) is 2.96. The normalized spacial score (nSPS) is 10.2. The van der Waals surface area contributed by atoms with Crippen molar-refractivity contribution in [2.45, 2.75) is 0 Å². The molecule has 4 nitrogen and oxygen atoms in total. The van der Waals surface area contributed by atoms with E-state index in [2.05, 4.69) is 15.9 Å². The van der Waals surface area contributed by atoms with Crippen LogP contribution in [0.5, 0.6) is 0 Å². The van der Waals surface area contributed by atoms with Gasteiger partial charge in [-0.2, -0.15) is 0 Å². The van der Waals surface area contributed by atoms with Gasteiger partial charge in [0, 0.05) is 27.2 Å². The highest BCUT2D eigenvalue weighted by molar-refractivity contribution is 9.10. The number of halogens is 2. The number of hydrogen-bond acceptors (Lipinski definition) is 3. The molecule has 0 unspecified atom stereocenters. The third kappa shape index (κ3) is 3.33. The summed E-state index contributed by atoms with van der Waals surface area (Å²) in [5.41, 5.74) is 6.64. The summed E-state index contributed by atoms with van der Waals surface area (Å²) in [5.74, 6) is -0.467. The first-order valence-corrected chi connectivity index (χ1v) is 5.78. The van der Waals surface area contributed by atoms with Crippen LogP contribution in [0, 0.1) is 5.82 Å². The molecule has 1 aromatic rings. The van der Waals surface area contributed by atoms with Crippen LogP contribution in [-0.4, -0.2) is 38.5 Å². The van der Waals surface area contributed by atoms with Gasteiger partial charge in [0.25, 0.3) is 0 Å². The fourth-order valence-corrected chi connectivity index (χ4v) is 1.64. The maximum Gasteiger partial charge on any atom is 0.241 e. The van der Waals surface area contributed by atoms with Crippen LogP contribution in [0.1, 0.15) is 0 Å². The molecule has 1 rings (SSSR count). The number of anilines is 2. The van der Waals surface area contributed by atoms with Crippen molar-refractivity contribution in [1.82, 2.24) is 4.90 Å². The Kier molecular flexibility index (Phi) is 4.34. The van der Waals surface area contributed by atoms with Crippen LogP contribution in [0.25, 0.3) is 0 Å². The SMILES string of the molecule is CN(C)C(=O)CN(C)c1cc(Br)c(F)cc1N. The second kappa shape index (κ2) is 5.35. The first kappa shape index (κ1) is 13.8. The largest absolute Gasteiger partial charge is 0.397 e. The van der Waals surface area contributed by atoms with Crippen molar-refractivity contribution in [3.05, 3.63) is 22.4 Å². The third-order valence-electron chi connectivity index (χ3n) is 2.35. The highest BCUT2D eigenvalue weighted by Gasteiger charge is 2.13. The Morgan fingerprint density at radius 1 is 1.41 bits per heavy atom. The van der Waals surface area contributed by atoms with Gasteiger partial charge in [-0.15, -0.1) is 0 Å². The molecule has 1 aromatic carbocycles. The zero-order chi connectivity index (χ0) is 13.2. The van der Waals surface area contributed by atoms with Gasteiger partial charge >= 0.3 is 0 Å². The molecule has 1 amide bonds. The van der Waals surface area contributed by atoms with Crippen LogP contribution < -0.4 is 10.6 Å². The summed E-state index contributed by atoms with van der Waals surface area (Å²) in [6.07, 6.45) is 0. The molecule has 0 aliphatic heterocycles. The lowest BCUT2D eigenvalue weighted by Crippen LogP contribution is -2.34. The highest BCUT2D eigenvalue weighted by atomic mass is 79.9. The van der Waals surface area contributed by atoms with Gasteiger partial charge in [0.2, 0.25) is 5.91 Å². The second-order valence-electron chi connectivity index (χ2n) is 3.97. The minimum atomic E-state index is -0.418. The lowest BCUT2D eigenvalue weighted by Gasteiger charge is -2.22. The summed E-state index contributed by atoms with van der Waals surface area (Å²) in [7, 11) is 5.09. The van der Waals surface area contributed by atoms with E-state index in [1.165, 1.54) is 11.0 Å². The number of likely N-dealkylation sites (N-methyl/N-ethyl adjacent to an activating group) is 2. The van der Waals surface area contributed by atoms with E-state index in [1.807, 2.05) is 0 Å². The molecule has 0 aliphatic rings. The predicted octanol–water partition coefficient (Wildman–Crippen LogP) is 1.69. The van der Waals surface area contributed by atoms with Gasteiger partial charge in [-0.25, -0.2) is 4.39 Å². The van der Waals surface area contributed by atoms with E-state index in [9.17, 15) is 9.18 Å². The van der Waals surface area contributed by atoms with Crippen LogP contribution in [0.4, 0.5) is 15.8 Å². The van der Waals surface area contributed by atoms with Crippen LogP contribution in [0.2, 0.25) is 0 Å². The Balaban J connectivity index is 2.93. The molecular weight excluding hydrogens is 289 g/mol. The molecule has 0 fully saturated rings. The fourth-order valence-electron chi connectivity index (χ4n) is 1.31. The maximum absolute atomic E-state index is 13.2. The lowest BCUT2D eigenvalue weighted by atomic mass is 10.2. The second-order valence-corrected chi connectivity index (χ2v) is 4.82. The number of hydrogen-bond donors (Lipinski definition) is 1. The van der Waals surface area contributed by atoms with Crippen LogP contribution in [0.3, 0.4) is 0 Å². The number of nitrogen functional groups attached to an aromatic ring is 1. The number of rotatable bonds is 3. The average molecular weight is 304 g/mol. The fraction of sp³-hybridized carbons (Fsp3) is 0.364. The van der Waals surface area contributed by atoms with Gasteiger partial charge in [0.15, 0.2) is 0 Å². The minimum absolute atomic E-state index is 0.0488. The van der Waals surface area contributed by atoms with Gasteiger partial charge in [0.05, 0.1) is 22.4 Å². The Labute approximate surface area is 108 Å². The summed E-state index contributed by atoms with van der Waals surface area (Å²) in [5, 5.41) is 0. The molecule has 0 saturated heterocycles. The molecule has 6 heteroatoms. The summed E-state index contributed by atoms with van der Waals surface area (Å²) in [6, 6.07) is 2.80. The summed E-state index contributed by atoms with van der Waals surface area (Å²) >= 11 is 3.09. The quantitative estimate of drug-likeness (QED) is 0.865. The predicted molar refractivity (Wildman–Crippen MR) is 70.5 cm³/mol. The first-order chi connectivity index (χ1) is 7.82. The number of carbonyl (C=O) groups excluding carboxylic acids is 1. The number of carbonyl (C=O) groups is 1. The van der Waals surface area contributed by atoms with Crippen LogP contribution >= 0.6 is 15.9 Å². The van der Waals surface area contributed by atoms with Crippen molar-refractivity contribution in [3.63, 3.8) is 0 Å². The summed E-state index contributed by atoms with van der Waals surface area (Å²) in [4.78, 5) is 14.7. The van der Waals surface area contributed by atoms with Gasteiger partial charge < -0.3 is 15.5 Å². The molecule has 17 heavy (non-hydrogen) atoms. The molecule has 0 aliphatic carbocycles. The Morgan fingerprint density at radius 2 is 2.00 bits per heavy atom. The zero-order valence-electron chi connectivity index (χ0n) is 10.00. The molecular formula is C11H15BrFN3O. The van der Waals surface area contributed by atoms with E-state index in [0.717, 1.165) is 0 Å². The van der Waals surface area contributed by atoms with Crippen molar-refractivity contribution in [2.75, 3.05) is 38.3 Å². The molecule has 0 aromatic heterocycles. The van der Waals surface area contributed by atoms with E-state index in [0.29, 0.717) is 15.8 Å². The van der Waals surface area contributed by atoms with Crippen molar-refractivity contribution < 1.29 is 9.18 Å². The number of benzene rings is 1. The molecule has 0 radical (unpaired) electrons. The smallest absolute Gasteiger partial charge is 0.241 e. The van der Waals surface area contributed by atoms with Crippen molar-refractivity contribution in [3.8, 4) is 0 Å². The minimum Gasteiger partial charge on any atom is -0.397 e. The lowest BCUT2D eigenvalue weighted by molar-refractivity contribution is -0.127. The van der Waals surface area contributed by atoms with E-state index in [-0.39, 0.29) is 12.5 Å². The Morgan fingerprint density at radius 3 is 2.53 bits per heavy atom. The van der Waals surface area contributed by atoms with Crippen molar-refractivity contribution >= 4 is 33.2 Å². The maximum atomic E-state index is 13.2. The Hall–Kier alpha value is -1.30. The van der Waals surface area contributed by atoms with Crippen molar-refractivity contribution in [2.24, 2.45) is 0 Å². The first-order valence-electron chi connectivity index (χ1n) is 4.98. The van der Waals surface area contributed by atoms with Gasteiger partial charge in [0.1, 0.15) is 5.82 Å². The summed E-state index contributed by atoms with van der Waals surface area (Å²) in [6.45, 7) is 0.190. The molecule has 0 atom stereocenters. The molecule has 0 heterocycles. The summed E-state index contributed by atoms with van der Waals surface area (Å²) < 4.78 is 13.5. The number of nitrogens with two attached hydrogens (primary N) is 1. The number of amides is 1. The molecule has 2 N–H and O–H groups in total. The van der Waals surface area contributed by atoms with Gasteiger partial charge in [-0.05, 0) is 22.0 Å². The van der Waals surface area contributed by atoms with Crippen LogP contribution in [0.15, 0.2) is 16.6 Å². The molecule has 0 saturated carbocycles. The molecule has 94 valence electrons. The number of nitrogens with zero attached hydrogens (tertiary/aromatic N) is 2. The van der Waals surface area contributed by atoms with E-state index in [4.69, 9.17) is 5.73 Å². The Bertz CT molecular complexity index is 437. The average Bonchev–Trinajstić information content (AvgIpc) is 2.22. The van der Waals surface area contributed by atoms with Crippen molar-refractivity contribution in [1.29, 1.82) is 0 Å². The standard InChI is InChI=1S/C11H15BrFN3O/c1-15(2)11(17)6-16(3)10-4-7(12)8(13)5-9(10)14/h4-5H,6,14H2,1-3H3. The molecule has 0 spiro atoms. The van der Waals surface area contributed by atoms with Gasteiger partial charge in [-0.1, -0.05) is 0 Å². The van der Waals surface area contributed by atoms with Crippen LogP contribution in [-0.2, 0) is 4.79 Å². The monoisotopic (exact) mass is 303 g/mol. The zero-order valence-corrected chi connectivity index (χ0v) is 11.6. The van der Waals surface area contributed by atoms with E-state index >= 15 is 0 Å². The highest BCUT2D eigenvalue weighted by Crippen LogP contribution is 2.28. The van der Waals surface area contributed by atoms with E-state index < -0.39 is 5.82 Å². The topological polar surface area (TPSA) is 49.6 Å². The van der Waals surface area contributed by atoms with E-state index in [1.54, 1.807) is 32.1 Å². The molecule has 0 bridgehead atoms. The van der Waals surface area contributed by atoms with Gasteiger partial charge in [-0.3, -0.25) is 4.79 Å².